The van der Waals surface area contributed by atoms with E-state index in [2.05, 4.69) is 0 Å². The van der Waals surface area contributed by atoms with E-state index >= 15 is 0 Å². The van der Waals surface area contributed by atoms with Crippen molar-refractivity contribution in [3.05, 3.63) is 24.2 Å². The first-order valence-electron chi connectivity index (χ1n) is 7.20. The van der Waals surface area contributed by atoms with E-state index < -0.39 is 5.97 Å². The molecule has 0 aliphatic carbocycles. The van der Waals surface area contributed by atoms with Gasteiger partial charge in [-0.2, -0.15) is 0 Å². The second-order valence-corrected chi connectivity index (χ2v) is 5.25. The van der Waals surface area contributed by atoms with Crippen molar-refractivity contribution in [2.75, 3.05) is 6.54 Å². The van der Waals surface area contributed by atoms with Crippen LogP contribution in [-0.2, 0) is 16.0 Å². The fourth-order valence-electron chi connectivity index (χ4n) is 2.75. The average molecular weight is 279 g/mol. The summed E-state index contributed by atoms with van der Waals surface area (Å²) in [6.45, 7) is 0.751. The molecule has 5 heteroatoms. The zero-order chi connectivity index (χ0) is 14.4. The lowest BCUT2D eigenvalue weighted by Gasteiger charge is -2.35. The molecular formula is C15H21NO4. The molecule has 2 rings (SSSR count). The Morgan fingerprint density at radius 2 is 2.20 bits per heavy atom. The first kappa shape index (κ1) is 14.6. The first-order chi connectivity index (χ1) is 9.66. The van der Waals surface area contributed by atoms with Crippen molar-refractivity contribution in [3.8, 4) is 0 Å². The lowest BCUT2D eigenvalue weighted by molar-refractivity contribution is -0.140. The maximum absolute atomic E-state index is 12.3. The number of likely N-dealkylation sites (tertiary alicyclic amines) is 1. The number of carbonyl (C=O) groups excluding carboxylic acids is 1. The van der Waals surface area contributed by atoms with Gasteiger partial charge in [0.2, 0.25) is 5.91 Å². The molecule has 1 saturated heterocycles. The van der Waals surface area contributed by atoms with Gasteiger partial charge in [-0.15, -0.1) is 0 Å². The van der Waals surface area contributed by atoms with Gasteiger partial charge < -0.3 is 14.4 Å². The van der Waals surface area contributed by atoms with Crippen molar-refractivity contribution >= 4 is 11.9 Å². The summed E-state index contributed by atoms with van der Waals surface area (Å²) in [5.41, 5.74) is 0. The Morgan fingerprint density at radius 3 is 2.90 bits per heavy atom. The van der Waals surface area contributed by atoms with Crippen molar-refractivity contribution in [2.24, 2.45) is 0 Å². The fourth-order valence-corrected chi connectivity index (χ4v) is 2.75. The fraction of sp³-hybridized carbons (Fsp3) is 0.600. The van der Waals surface area contributed by atoms with Gasteiger partial charge in [-0.25, -0.2) is 0 Å². The number of aliphatic carboxylic acids is 1. The molecule has 0 saturated carbocycles. The zero-order valence-electron chi connectivity index (χ0n) is 11.6. The Labute approximate surface area is 118 Å². The Bertz CT molecular complexity index is 441. The van der Waals surface area contributed by atoms with Gasteiger partial charge in [0.1, 0.15) is 5.76 Å². The minimum absolute atomic E-state index is 0.0870. The van der Waals surface area contributed by atoms with Crippen molar-refractivity contribution < 1.29 is 19.1 Å². The molecule has 1 aliphatic heterocycles. The smallest absolute Gasteiger partial charge is 0.303 e. The number of carboxylic acid groups (broad SMARTS) is 1. The molecule has 1 amide bonds. The predicted molar refractivity (Wildman–Crippen MR) is 73.3 cm³/mol. The molecule has 1 aliphatic rings. The number of nitrogens with zero attached hydrogens (tertiary/aromatic N) is 1. The summed E-state index contributed by atoms with van der Waals surface area (Å²) < 4.78 is 5.23. The van der Waals surface area contributed by atoms with E-state index in [1.807, 2.05) is 17.0 Å². The summed E-state index contributed by atoms with van der Waals surface area (Å²) in [7, 11) is 0. The maximum Gasteiger partial charge on any atom is 0.303 e. The molecule has 1 aromatic rings. The number of carbonyl (C=O) groups is 2. The molecule has 1 atom stereocenters. The maximum atomic E-state index is 12.3. The highest BCUT2D eigenvalue weighted by Crippen LogP contribution is 2.22. The molecule has 20 heavy (non-hydrogen) atoms. The monoisotopic (exact) mass is 279 g/mol. The van der Waals surface area contributed by atoms with E-state index in [1.54, 1.807) is 6.26 Å². The van der Waals surface area contributed by atoms with Crippen LogP contribution in [0.15, 0.2) is 22.8 Å². The molecule has 2 heterocycles. The number of aryl methyl sites for hydroxylation is 1. The van der Waals surface area contributed by atoms with Gasteiger partial charge in [0.15, 0.2) is 0 Å². The molecule has 110 valence electrons. The van der Waals surface area contributed by atoms with Gasteiger partial charge >= 0.3 is 5.97 Å². The third-order valence-corrected chi connectivity index (χ3v) is 3.80. The van der Waals surface area contributed by atoms with E-state index in [-0.39, 0.29) is 18.4 Å². The summed E-state index contributed by atoms with van der Waals surface area (Å²) in [5, 5.41) is 8.78. The molecule has 1 N–H and O–H groups in total. The summed E-state index contributed by atoms with van der Waals surface area (Å²) in [4.78, 5) is 24.8. The Morgan fingerprint density at radius 1 is 1.35 bits per heavy atom. The predicted octanol–water partition coefficient (Wildman–Crippen LogP) is 2.46. The summed E-state index contributed by atoms with van der Waals surface area (Å²) in [6.07, 6.45) is 6.33. The molecule has 1 aromatic heterocycles. The van der Waals surface area contributed by atoms with Gasteiger partial charge in [0, 0.05) is 31.8 Å². The van der Waals surface area contributed by atoms with E-state index in [4.69, 9.17) is 9.52 Å². The number of piperidine rings is 1. The lowest BCUT2D eigenvalue weighted by Crippen LogP contribution is -2.44. The number of furan rings is 1. The molecule has 5 nitrogen and oxygen atoms in total. The molecular weight excluding hydrogens is 258 g/mol. The van der Waals surface area contributed by atoms with Crippen LogP contribution in [0.3, 0.4) is 0 Å². The number of hydrogen-bond acceptors (Lipinski definition) is 3. The minimum Gasteiger partial charge on any atom is -0.481 e. The van der Waals surface area contributed by atoms with Crippen molar-refractivity contribution in [1.29, 1.82) is 0 Å². The van der Waals surface area contributed by atoms with Crippen molar-refractivity contribution in [1.82, 2.24) is 4.90 Å². The Kier molecular flexibility index (Phi) is 5.21. The number of hydrogen-bond donors (Lipinski definition) is 1. The largest absolute Gasteiger partial charge is 0.481 e. The second-order valence-electron chi connectivity index (χ2n) is 5.25. The van der Waals surface area contributed by atoms with E-state index in [0.29, 0.717) is 19.3 Å². The van der Waals surface area contributed by atoms with Gasteiger partial charge in [-0.3, -0.25) is 9.59 Å². The summed E-state index contributed by atoms with van der Waals surface area (Å²) in [6, 6.07) is 3.77. The Balaban J connectivity index is 1.86. The van der Waals surface area contributed by atoms with E-state index in [0.717, 1.165) is 31.6 Å². The van der Waals surface area contributed by atoms with Crippen LogP contribution in [0.4, 0.5) is 0 Å². The van der Waals surface area contributed by atoms with Crippen LogP contribution in [0.5, 0.6) is 0 Å². The lowest BCUT2D eigenvalue weighted by atomic mass is 9.97. The quantitative estimate of drug-likeness (QED) is 0.868. The van der Waals surface area contributed by atoms with Crippen LogP contribution >= 0.6 is 0 Å². The number of amides is 1. The minimum atomic E-state index is -0.793. The highest BCUT2D eigenvalue weighted by molar-refractivity contribution is 5.77. The Hall–Kier alpha value is -1.78. The molecule has 1 fully saturated rings. The third-order valence-electron chi connectivity index (χ3n) is 3.80. The van der Waals surface area contributed by atoms with Crippen molar-refractivity contribution in [3.63, 3.8) is 0 Å². The highest BCUT2D eigenvalue weighted by Gasteiger charge is 2.26. The molecule has 0 spiro atoms. The SMILES string of the molecule is O=C(O)CC[C@@H]1CCCCN1C(=O)CCc1ccco1. The van der Waals surface area contributed by atoms with Gasteiger partial charge in [-0.05, 0) is 37.8 Å². The molecule has 0 aromatic carbocycles. The van der Waals surface area contributed by atoms with Gasteiger partial charge in [-0.1, -0.05) is 0 Å². The van der Waals surface area contributed by atoms with Crippen LogP contribution < -0.4 is 0 Å². The average Bonchev–Trinajstić information content (AvgIpc) is 2.96. The van der Waals surface area contributed by atoms with Crippen LogP contribution in [0.25, 0.3) is 0 Å². The van der Waals surface area contributed by atoms with Gasteiger partial charge in [0.05, 0.1) is 6.26 Å². The van der Waals surface area contributed by atoms with Crippen LogP contribution in [0, 0.1) is 0 Å². The first-order valence-corrected chi connectivity index (χ1v) is 7.20. The van der Waals surface area contributed by atoms with Gasteiger partial charge in [0.25, 0.3) is 0 Å². The summed E-state index contributed by atoms with van der Waals surface area (Å²) in [5.74, 6) is 0.132. The van der Waals surface area contributed by atoms with Crippen LogP contribution in [0.1, 0.15) is 44.3 Å². The van der Waals surface area contributed by atoms with Crippen LogP contribution in [0.2, 0.25) is 0 Å². The van der Waals surface area contributed by atoms with E-state index in [1.165, 1.54) is 0 Å². The zero-order valence-corrected chi connectivity index (χ0v) is 11.6. The van der Waals surface area contributed by atoms with Crippen molar-refractivity contribution in [2.45, 2.75) is 51.0 Å². The topological polar surface area (TPSA) is 70.8 Å². The van der Waals surface area contributed by atoms with Crippen LogP contribution in [-0.4, -0.2) is 34.5 Å². The highest BCUT2D eigenvalue weighted by atomic mass is 16.4. The molecule has 0 radical (unpaired) electrons. The molecule has 0 unspecified atom stereocenters. The normalized spacial score (nSPS) is 19.0. The standard InChI is InChI=1S/C15H21NO4/c17-14(8-7-13-5-3-11-20-13)16-10-2-1-4-12(16)6-9-15(18)19/h3,5,11-12H,1-2,4,6-10H2,(H,18,19)/t12-/m0/s1. The summed E-state index contributed by atoms with van der Waals surface area (Å²) >= 11 is 0. The van der Waals surface area contributed by atoms with E-state index in [9.17, 15) is 9.59 Å². The third kappa shape index (κ3) is 4.11. The number of rotatable bonds is 6. The molecule has 0 bridgehead atoms. The second kappa shape index (κ2) is 7.12. The number of carboxylic acids is 1.